The Morgan fingerprint density at radius 3 is 2.64 bits per heavy atom. The van der Waals surface area contributed by atoms with E-state index in [1.54, 1.807) is 4.68 Å². The van der Waals surface area contributed by atoms with E-state index in [1.165, 1.54) is 0 Å². The van der Waals surface area contributed by atoms with E-state index in [0.29, 0.717) is 18.1 Å². The van der Waals surface area contributed by atoms with E-state index in [0.717, 1.165) is 16.8 Å². The van der Waals surface area contributed by atoms with E-state index in [9.17, 15) is 4.79 Å². The van der Waals surface area contributed by atoms with E-state index >= 15 is 0 Å². The highest BCUT2D eigenvalue weighted by molar-refractivity contribution is 5.91. The summed E-state index contributed by atoms with van der Waals surface area (Å²) in [6, 6.07) is 19.5. The smallest absolute Gasteiger partial charge is 0.263 e. The van der Waals surface area contributed by atoms with Gasteiger partial charge in [-0.15, -0.1) is 0 Å². The van der Waals surface area contributed by atoms with Gasteiger partial charge >= 0.3 is 0 Å². The number of benzene rings is 2. The highest BCUT2D eigenvalue weighted by atomic mass is 16.5. The fourth-order valence-electron chi connectivity index (χ4n) is 2.56. The Morgan fingerprint density at radius 1 is 1.08 bits per heavy atom. The van der Waals surface area contributed by atoms with Gasteiger partial charge in [0.25, 0.3) is 5.91 Å². The van der Waals surface area contributed by atoms with Crippen LogP contribution in [0, 0.1) is 13.8 Å². The minimum absolute atomic E-state index is 0.0426. The van der Waals surface area contributed by atoms with Gasteiger partial charge in [-0.1, -0.05) is 42.5 Å². The van der Waals surface area contributed by atoms with E-state index in [-0.39, 0.29) is 12.5 Å². The number of aromatic nitrogens is 2. The molecule has 128 valence electrons. The van der Waals surface area contributed by atoms with Crippen molar-refractivity contribution in [3.8, 4) is 5.75 Å². The minimum Gasteiger partial charge on any atom is -0.484 e. The molecule has 0 fully saturated rings. The van der Waals surface area contributed by atoms with Crippen LogP contribution in [0.25, 0.3) is 0 Å². The highest BCUT2D eigenvalue weighted by Gasteiger charge is 2.10. The second-order valence-corrected chi connectivity index (χ2v) is 5.97. The number of hydrogen-bond acceptors (Lipinski definition) is 3. The molecule has 25 heavy (non-hydrogen) atoms. The average molecular weight is 335 g/mol. The molecule has 0 aliphatic carbocycles. The maximum Gasteiger partial charge on any atom is 0.263 e. The molecule has 0 saturated carbocycles. The van der Waals surface area contributed by atoms with Gasteiger partial charge in [-0.3, -0.25) is 4.79 Å². The third-order valence-corrected chi connectivity index (χ3v) is 3.70. The van der Waals surface area contributed by atoms with Crippen LogP contribution >= 0.6 is 0 Å². The van der Waals surface area contributed by atoms with E-state index < -0.39 is 0 Å². The lowest BCUT2D eigenvalue weighted by Crippen LogP contribution is -2.22. The zero-order chi connectivity index (χ0) is 17.6. The molecule has 0 radical (unpaired) electrons. The summed E-state index contributed by atoms with van der Waals surface area (Å²) in [5, 5.41) is 7.32. The molecule has 0 unspecified atom stereocenters. The van der Waals surface area contributed by atoms with Crippen molar-refractivity contribution in [1.82, 2.24) is 9.78 Å². The summed E-state index contributed by atoms with van der Waals surface area (Å²) in [6.07, 6.45) is 0. The third-order valence-electron chi connectivity index (χ3n) is 3.70. The van der Waals surface area contributed by atoms with E-state index in [1.807, 2.05) is 74.5 Å². The van der Waals surface area contributed by atoms with Crippen molar-refractivity contribution in [3.63, 3.8) is 0 Å². The lowest BCUT2D eigenvalue weighted by Gasteiger charge is -2.10. The van der Waals surface area contributed by atoms with Crippen LogP contribution in [0.3, 0.4) is 0 Å². The number of amides is 1. The van der Waals surface area contributed by atoms with Crippen molar-refractivity contribution in [1.29, 1.82) is 0 Å². The second-order valence-electron chi connectivity index (χ2n) is 5.97. The Morgan fingerprint density at radius 2 is 1.88 bits per heavy atom. The molecule has 0 aliphatic rings. The Bertz CT molecular complexity index is 856. The van der Waals surface area contributed by atoms with Gasteiger partial charge in [0, 0.05) is 6.07 Å². The van der Waals surface area contributed by atoms with Crippen LogP contribution in [0.2, 0.25) is 0 Å². The van der Waals surface area contributed by atoms with Crippen LogP contribution in [-0.4, -0.2) is 22.3 Å². The summed E-state index contributed by atoms with van der Waals surface area (Å²) < 4.78 is 7.33. The van der Waals surface area contributed by atoms with Crippen molar-refractivity contribution < 1.29 is 9.53 Å². The van der Waals surface area contributed by atoms with Crippen LogP contribution < -0.4 is 10.1 Å². The van der Waals surface area contributed by atoms with Gasteiger partial charge in [-0.05, 0) is 37.1 Å². The number of anilines is 1. The lowest BCUT2D eigenvalue weighted by atomic mass is 10.2. The second kappa shape index (κ2) is 7.66. The van der Waals surface area contributed by atoms with Crippen molar-refractivity contribution in [3.05, 3.63) is 77.5 Å². The minimum atomic E-state index is -0.212. The molecule has 2 aromatic carbocycles. The quantitative estimate of drug-likeness (QED) is 0.749. The number of nitrogens with one attached hydrogen (secondary N) is 1. The fourth-order valence-corrected chi connectivity index (χ4v) is 2.56. The number of carbonyl (C=O) groups is 1. The molecule has 1 heterocycles. The molecule has 0 spiro atoms. The molecule has 1 N–H and O–H groups in total. The Kier molecular flexibility index (Phi) is 5.14. The van der Waals surface area contributed by atoms with Gasteiger partial charge in [0.2, 0.25) is 0 Å². The molecule has 0 bridgehead atoms. The van der Waals surface area contributed by atoms with Crippen LogP contribution in [0.5, 0.6) is 5.75 Å². The predicted molar refractivity (Wildman–Crippen MR) is 97.8 cm³/mol. The molecule has 5 heteroatoms. The van der Waals surface area contributed by atoms with Crippen molar-refractivity contribution in [2.75, 3.05) is 11.9 Å². The van der Waals surface area contributed by atoms with Gasteiger partial charge in [0.05, 0.1) is 12.2 Å². The first-order valence-electron chi connectivity index (χ1n) is 8.18. The summed E-state index contributed by atoms with van der Waals surface area (Å²) in [7, 11) is 0. The summed E-state index contributed by atoms with van der Waals surface area (Å²) in [4.78, 5) is 12.2. The summed E-state index contributed by atoms with van der Waals surface area (Å²) in [6.45, 7) is 4.44. The van der Waals surface area contributed by atoms with Crippen LogP contribution in [0.15, 0.2) is 60.7 Å². The predicted octanol–water partition coefficient (Wildman–Crippen LogP) is 3.57. The monoisotopic (exact) mass is 335 g/mol. The zero-order valence-electron chi connectivity index (χ0n) is 14.4. The van der Waals surface area contributed by atoms with Crippen molar-refractivity contribution in [2.45, 2.75) is 20.4 Å². The maximum absolute atomic E-state index is 12.2. The molecular formula is C20H21N3O2. The standard InChI is InChI=1S/C20H21N3O2/c1-15-7-6-10-18(11-15)25-14-20(24)21-19-12-16(2)22-23(19)13-17-8-4-3-5-9-17/h3-12H,13-14H2,1-2H3,(H,21,24). The van der Waals surface area contributed by atoms with Crippen LogP contribution in [0.4, 0.5) is 5.82 Å². The number of nitrogens with zero attached hydrogens (tertiary/aromatic N) is 2. The number of hydrogen-bond donors (Lipinski definition) is 1. The molecule has 3 aromatic rings. The van der Waals surface area contributed by atoms with Gasteiger partial charge < -0.3 is 10.1 Å². The summed E-state index contributed by atoms with van der Waals surface area (Å²) in [5.41, 5.74) is 3.07. The molecule has 0 aliphatic heterocycles. The SMILES string of the molecule is Cc1cccc(OCC(=O)Nc2cc(C)nn2Cc2ccccc2)c1. The maximum atomic E-state index is 12.2. The van der Waals surface area contributed by atoms with E-state index in [2.05, 4.69) is 10.4 Å². The first-order valence-corrected chi connectivity index (χ1v) is 8.18. The van der Waals surface area contributed by atoms with Crippen LogP contribution in [-0.2, 0) is 11.3 Å². The number of aryl methyl sites for hydroxylation is 2. The van der Waals surface area contributed by atoms with Gasteiger partial charge in [0.1, 0.15) is 11.6 Å². The average Bonchev–Trinajstić information content (AvgIpc) is 2.93. The fraction of sp³-hybridized carbons (Fsp3) is 0.200. The molecule has 1 aromatic heterocycles. The topological polar surface area (TPSA) is 56.1 Å². The Hall–Kier alpha value is -3.08. The number of rotatable bonds is 6. The molecule has 5 nitrogen and oxygen atoms in total. The molecule has 3 rings (SSSR count). The van der Waals surface area contributed by atoms with E-state index in [4.69, 9.17) is 4.74 Å². The first kappa shape index (κ1) is 16.8. The van der Waals surface area contributed by atoms with Crippen molar-refractivity contribution in [2.24, 2.45) is 0 Å². The summed E-state index contributed by atoms with van der Waals surface area (Å²) >= 11 is 0. The van der Waals surface area contributed by atoms with Crippen LogP contribution in [0.1, 0.15) is 16.8 Å². The lowest BCUT2D eigenvalue weighted by molar-refractivity contribution is -0.118. The number of ether oxygens (including phenoxy) is 1. The van der Waals surface area contributed by atoms with Gasteiger partial charge in [-0.2, -0.15) is 5.10 Å². The largest absolute Gasteiger partial charge is 0.484 e. The Balaban J connectivity index is 1.63. The van der Waals surface area contributed by atoms with Gasteiger partial charge in [0.15, 0.2) is 6.61 Å². The Labute approximate surface area is 147 Å². The molecule has 0 atom stereocenters. The van der Waals surface area contributed by atoms with Gasteiger partial charge in [-0.25, -0.2) is 4.68 Å². The number of carbonyl (C=O) groups excluding carboxylic acids is 1. The zero-order valence-corrected chi connectivity index (χ0v) is 14.4. The molecule has 1 amide bonds. The van der Waals surface area contributed by atoms with Crippen molar-refractivity contribution >= 4 is 11.7 Å². The third kappa shape index (κ3) is 4.70. The molecular weight excluding hydrogens is 314 g/mol. The molecule has 0 saturated heterocycles. The normalized spacial score (nSPS) is 10.5. The highest BCUT2D eigenvalue weighted by Crippen LogP contribution is 2.14. The first-order chi connectivity index (χ1) is 12.1. The summed E-state index contributed by atoms with van der Waals surface area (Å²) in [5.74, 6) is 1.14.